The van der Waals surface area contributed by atoms with Crippen LogP contribution in [0.2, 0.25) is 0 Å². The van der Waals surface area contributed by atoms with Crippen molar-refractivity contribution in [1.82, 2.24) is 4.57 Å². The summed E-state index contributed by atoms with van der Waals surface area (Å²) in [5, 5.41) is 5.14. The third kappa shape index (κ3) is 5.91. The maximum Gasteiger partial charge on any atom is 0.331 e. The fourth-order valence-electron chi connectivity index (χ4n) is 5.13. The second-order valence-corrected chi connectivity index (χ2v) is 10.5. The summed E-state index contributed by atoms with van der Waals surface area (Å²) in [7, 11) is 0. The number of carbonyl (C=O) groups excluding carboxylic acids is 3. The van der Waals surface area contributed by atoms with Crippen LogP contribution in [0.4, 0.5) is 0 Å². The fraction of sp³-hybridized carbons (Fsp3) is 0.312. The van der Waals surface area contributed by atoms with E-state index in [-0.39, 0.29) is 11.9 Å². The van der Waals surface area contributed by atoms with E-state index in [4.69, 9.17) is 14.2 Å². The summed E-state index contributed by atoms with van der Waals surface area (Å²) in [5.41, 5.74) is 4.21. The highest BCUT2D eigenvalue weighted by Gasteiger charge is 2.33. The number of hydrogen-bond acceptors (Lipinski definition) is 8. The molecule has 0 amide bonds. The first-order valence-electron chi connectivity index (χ1n) is 13.5. The second kappa shape index (κ2) is 11.3. The molecule has 0 saturated carbocycles. The van der Waals surface area contributed by atoms with Crippen LogP contribution in [-0.4, -0.2) is 53.4 Å². The van der Waals surface area contributed by atoms with Gasteiger partial charge in [-0.15, -0.1) is 0 Å². The molecule has 212 valence electrons. The molecule has 3 aromatic carbocycles. The summed E-state index contributed by atoms with van der Waals surface area (Å²) in [6, 6.07) is 16.4. The molecule has 2 heterocycles. The normalized spacial score (nSPS) is 16.5. The number of Topliss-reactive ketones (excluding diaryl/α,β-unsaturated/α-hetero) is 1. The Morgan fingerprint density at radius 2 is 1.71 bits per heavy atom. The number of aryl methyl sites for hydroxylation is 2. The monoisotopic (exact) mass is 556 g/mol. The van der Waals surface area contributed by atoms with E-state index < -0.39 is 17.5 Å². The number of carbonyl (C=O) groups is 3. The topological polar surface area (TPSA) is 105 Å². The number of oxime groups is 1. The molecule has 1 aromatic heterocycles. The molecule has 9 nitrogen and oxygen atoms in total. The summed E-state index contributed by atoms with van der Waals surface area (Å²) >= 11 is 0. The molecule has 4 aromatic rings. The maximum atomic E-state index is 13.6. The molecule has 1 aliphatic heterocycles. The lowest BCUT2D eigenvalue weighted by Gasteiger charge is -2.17. The van der Waals surface area contributed by atoms with Crippen molar-refractivity contribution in [3.05, 3.63) is 76.9 Å². The van der Waals surface area contributed by atoms with Crippen LogP contribution >= 0.6 is 0 Å². The number of fused-ring (bicyclic) bond motifs is 3. The Balaban J connectivity index is 1.42. The van der Waals surface area contributed by atoms with Crippen LogP contribution in [0, 0.1) is 6.92 Å². The van der Waals surface area contributed by atoms with E-state index in [0.717, 1.165) is 33.6 Å². The predicted octanol–water partition coefficient (Wildman–Crippen LogP) is 5.62. The number of ether oxygens (including phenoxy) is 3. The highest BCUT2D eigenvalue weighted by molar-refractivity contribution is 6.36. The van der Waals surface area contributed by atoms with Crippen LogP contribution in [0.3, 0.4) is 0 Å². The van der Waals surface area contributed by atoms with Crippen LogP contribution in [0.15, 0.2) is 59.8 Å². The third-order valence-corrected chi connectivity index (χ3v) is 7.02. The molecule has 0 bridgehead atoms. The second-order valence-electron chi connectivity index (χ2n) is 10.5. The van der Waals surface area contributed by atoms with Crippen molar-refractivity contribution < 1.29 is 33.4 Å². The van der Waals surface area contributed by atoms with Crippen molar-refractivity contribution in [3.63, 3.8) is 0 Å². The lowest BCUT2D eigenvalue weighted by atomic mass is 9.97. The largest absolute Gasteiger partial charge is 0.491 e. The van der Waals surface area contributed by atoms with E-state index in [2.05, 4.69) is 14.6 Å². The van der Waals surface area contributed by atoms with Crippen molar-refractivity contribution in [3.8, 4) is 5.75 Å². The van der Waals surface area contributed by atoms with Crippen LogP contribution in [0.1, 0.15) is 59.5 Å². The average molecular weight is 557 g/mol. The standard InChI is InChI=1S/C32H32N2O7/c1-6-34-28-11-7-21(30(36)16-33-41-20(3)35)14-26(28)27-15-22(8-12-29(27)34)31(37)25-10-9-23(13-19(25)2)38-17-24-18-39-32(4,5)40-24/h7-16,24H,6,17-18H2,1-5H3. The van der Waals surface area contributed by atoms with E-state index in [0.29, 0.717) is 42.2 Å². The number of ketones is 2. The Labute approximate surface area is 237 Å². The highest BCUT2D eigenvalue weighted by atomic mass is 16.7. The van der Waals surface area contributed by atoms with E-state index in [9.17, 15) is 14.4 Å². The zero-order chi connectivity index (χ0) is 29.3. The van der Waals surface area contributed by atoms with E-state index in [1.54, 1.807) is 24.3 Å². The summed E-state index contributed by atoms with van der Waals surface area (Å²) in [4.78, 5) is 41.7. The van der Waals surface area contributed by atoms with Crippen molar-refractivity contribution in [2.45, 2.75) is 53.1 Å². The molecule has 0 aliphatic carbocycles. The molecule has 41 heavy (non-hydrogen) atoms. The van der Waals surface area contributed by atoms with Gasteiger partial charge in [-0.2, -0.15) is 0 Å². The minimum Gasteiger partial charge on any atom is -0.491 e. The maximum absolute atomic E-state index is 13.6. The minimum absolute atomic E-state index is 0.108. The van der Waals surface area contributed by atoms with Crippen LogP contribution in [0.25, 0.3) is 21.8 Å². The predicted molar refractivity (Wildman–Crippen MR) is 155 cm³/mol. The van der Waals surface area contributed by atoms with E-state index in [1.807, 2.05) is 58.0 Å². The Bertz CT molecular complexity index is 1700. The van der Waals surface area contributed by atoms with Gasteiger partial charge < -0.3 is 23.6 Å². The van der Waals surface area contributed by atoms with Crippen LogP contribution < -0.4 is 4.74 Å². The van der Waals surface area contributed by atoms with Gasteiger partial charge in [-0.25, -0.2) is 4.79 Å². The molecule has 1 fully saturated rings. The number of rotatable bonds is 9. The number of nitrogens with zero attached hydrogens (tertiary/aromatic N) is 2. The van der Waals surface area contributed by atoms with Gasteiger partial charge in [0.05, 0.1) is 6.61 Å². The van der Waals surface area contributed by atoms with Crippen molar-refractivity contribution in [1.29, 1.82) is 0 Å². The third-order valence-electron chi connectivity index (χ3n) is 7.02. The molecule has 1 aliphatic rings. The lowest BCUT2D eigenvalue weighted by Crippen LogP contribution is -2.25. The molecule has 5 rings (SSSR count). The minimum atomic E-state index is -0.610. The van der Waals surface area contributed by atoms with Crippen molar-refractivity contribution >= 4 is 45.6 Å². The van der Waals surface area contributed by atoms with Gasteiger partial charge in [-0.1, -0.05) is 5.16 Å². The molecule has 0 radical (unpaired) electrons. The van der Waals surface area contributed by atoms with Gasteiger partial charge in [0.1, 0.15) is 24.7 Å². The average Bonchev–Trinajstić information content (AvgIpc) is 3.46. The lowest BCUT2D eigenvalue weighted by molar-refractivity contribution is -0.141. The van der Waals surface area contributed by atoms with Crippen LogP contribution in [0.5, 0.6) is 5.75 Å². The van der Waals surface area contributed by atoms with Gasteiger partial charge in [0.25, 0.3) is 0 Å². The van der Waals surface area contributed by atoms with Gasteiger partial charge in [-0.05, 0) is 87.9 Å². The number of benzene rings is 3. The first-order valence-corrected chi connectivity index (χ1v) is 13.5. The summed E-state index contributed by atoms with van der Waals surface area (Å²) in [6.07, 6.45) is 0.822. The van der Waals surface area contributed by atoms with Gasteiger partial charge in [0, 0.05) is 52.0 Å². The smallest absolute Gasteiger partial charge is 0.331 e. The van der Waals surface area contributed by atoms with Crippen molar-refractivity contribution in [2.75, 3.05) is 13.2 Å². The number of aromatic nitrogens is 1. The van der Waals surface area contributed by atoms with E-state index in [1.165, 1.54) is 6.92 Å². The zero-order valence-corrected chi connectivity index (χ0v) is 23.7. The fourth-order valence-corrected chi connectivity index (χ4v) is 5.13. The van der Waals surface area contributed by atoms with Gasteiger partial charge in [-0.3, -0.25) is 9.59 Å². The zero-order valence-electron chi connectivity index (χ0n) is 23.7. The Hall–Kier alpha value is -4.34. The molecule has 1 atom stereocenters. The summed E-state index contributed by atoms with van der Waals surface area (Å²) < 4.78 is 19.4. The number of hydrogen-bond donors (Lipinski definition) is 0. The van der Waals surface area contributed by atoms with Gasteiger partial charge >= 0.3 is 5.97 Å². The molecule has 0 N–H and O–H groups in total. The molecule has 1 saturated heterocycles. The Kier molecular flexibility index (Phi) is 7.75. The summed E-state index contributed by atoms with van der Waals surface area (Å²) in [6.45, 7) is 10.4. The Morgan fingerprint density at radius 3 is 2.32 bits per heavy atom. The van der Waals surface area contributed by atoms with Gasteiger partial charge in [0.2, 0.25) is 5.78 Å². The molecular formula is C32H32N2O7. The molecule has 0 spiro atoms. The molecular weight excluding hydrogens is 524 g/mol. The molecule has 1 unspecified atom stereocenters. The van der Waals surface area contributed by atoms with Gasteiger partial charge in [0.15, 0.2) is 11.6 Å². The summed E-state index contributed by atoms with van der Waals surface area (Å²) in [5.74, 6) is -1.07. The Morgan fingerprint density at radius 1 is 1.02 bits per heavy atom. The van der Waals surface area contributed by atoms with E-state index >= 15 is 0 Å². The first-order chi connectivity index (χ1) is 19.6. The van der Waals surface area contributed by atoms with Crippen LogP contribution in [-0.2, 0) is 25.7 Å². The molecule has 9 heteroatoms. The quantitative estimate of drug-likeness (QED) is 0.114. The first kappa shape index (κ1) is 28.2. The van der Waals surface area contributed by atoms with Crippen molar-refractivity contribution in [2.24, 2.45) is 5.16 Å². The highest BCUT2D eigenvalue weighted by Crippen LogP contribution is 2.32. The SMILES string of the molecule is CCn1c2ccc(C(=O)C=NOC(C)=O)cc2c2cc(C(=O)c3ccc(OCC4COC(C)(C)O4)cc3C)ccc21.